The molecule has 1 amide bonds. The van der Waals surface area contributed by atoms with Crippen LogP contribution in [0.15, 0.2) is 36.7 Å². The Balaban J connectivity index is 1.45. The number of rotatable bonds is 11. The van der Waals surface area contributed by atoms with Gasteiger partial charge in [-0.25, -0.2) is 0 Å². The first-order chi connectivity index (χ1) is 29.5. The molecule has 0 spiro atoms. The van der Waals surface area contributed by atoms with E-state index in [0.29, 0.717) is 12.8 Å². The van der Waals surface area contributed by atoms with Crippen LogP contribution >= 0.6 is 0 Å². The summed E-state index contributed by atoms with van der Waals surface area (Å²) in [6, 6.07) is 7.76. The molecule has 1 aromatic carbocycles. The van der Waals surface area contributed by atoms with E-state index in [0.717, 1.165) is 16.3 Å². The Morgan fingerprint density at radius 3 is 2.30 bits per heavy atom. The molecule has 2 aromatic rings. The van der Waals surface area contributed by atoms with Crippen molar-refractivity contribution in [3.05, 3.63) is 42.2 Å². The van der Waals surface area contributed by atoms with Crippen LogP contribution in [0.2, 0.25) is 0 Å². The molecule has 0 radical (unpaired) electrons. The van der Waals surface area contributed by atoms with E-state index in [1.54, 1.807) is 40.1 Å². The molecule has 17 atom stereocenters. The molecule has 3 saturated heterocycles. The van der Waals surface area contributed by atoms with Crippen molar-refractivity contribution in [3.63, 3.8) is 0 Å². The van der Waals surface area contributed by atoms with Gasteiger partial charge in [0.05, 0.1) is 47.6 Å². The maximum absolute atomic E-state index is 14.5. The molecule has 16 nitrogen and oxygen atoms in total. The number of ketones is 1. The zero-order valence-corrected chi connectivity index (χ0v) is 38.6. The Hall–Kier alpha value is -3.16. The Labute approximate surface area is 371 Å². The number of aromatic nitrogens is 1. The van der Waals surface area contributed by atoms with Gasteiger partial charge < -0.3 is 59.3 Å². The van der Waals surface area contributed by atoms with Crippen molar-refractivity contribution in [1.29, 1.82) is 0 Å². The normalized spacial score (nSPS) is 41.1. The summed E-state index contributed by atoms with van der Waals surface area (Å²) < 4.78 is 37.0. The Morgan fingerprint density at radius 1 is 0.905 bits per heavy atom. The lowest BCUT2D eigenvalue weighted by Gasteiger charge is -2.46. The Kier molecular flexibility index (Phi) is 16.9. The van der Waals surface area contributed by atoms with Crippen molar-refractivity contribution in [2.75, 3.05) is 13.7 Å². The number of amides is 1. The minimum atomic E-state index is -2.20. The Bertz CT molecular complexity index is 1860. The highest BCUT2D eigenvalue weighted by Crippen LogP contribution is 2.39. The maximum atomic E-state index is 14.5. The number of methoxy groups -OCH3 is 1. The molecule has 0 saturated carbocycles. The minimum absolute atomic E-state index is 0.0501. The zero-order chi connectivity index (χ0) is 46.6. The average molecular weight is 889 g/mol. The van der Waals surface area contributed by atoms with Gasteiger partial charge in [0.15, 0.2) is 12.6 Å². The van der Waals surface area contributed by atoms with Crippen LogP contribution in [-0.2, 0) is 49.2 Å². The second-order valence-corrected chi connectivity index (χ2v) is 19.2. The molecule has 63 heavy (non-hydrogen) atoms. The molecule has 3 aliphatic heterocycles. The van der Waals surface area contributed by atoms with E-state index in [4.69, 9.17) is 28.4 Å². The highest BCUT2D eigenvalue weighted by Gasteiger charge is 2.51. The SMILES string of the molecule is COC1(C)CC(O[C@H]2C[C@@H](OC3OC(C)CC(C)C3O)[C@](C)(O)C[C@@H](C)C(=O)[C@H](C)[C@@H](O)[C@](C)(O)[C@@H](CCNC(=O)CCc3cncc4ccccc34)OC(=O)[C@@H]2C)OC(C)C1O. The van der Waals surface area contributed by atoms with Crippen LogP contribution < -0.4 is 5.32 Å². The standard InChI is InChI=1S/C47H72N2O14/c1-25-19-27(3)59-44(40(25)52)63-36-20-34(61-38-22-46(8,58-10)42(54)30(6)60-38)28(4)43(55)62-35(47(9,57)41(53)29(5)39(51)26(2)21-45(36,7)56)17-18-49-37(50)16-15-32-24-48-23-31-13-11-12-14-33(31)32/h11-14,23-30,34-36,38,40-42,44,52-54,56-57H,15-22H2,1-10H3,(H,49,50)/t25?,26-,27?,28-,29+,30?,34+,35-,36-,38?,40?,41-,42?,44?,45-,46?,47-/m1/s1. The minimum Gasteiger partial charge on any atom is -0.459 e. The van der Waals surface area contributed by atoms with Crippen LogP contribution in [-0.4, -0.2) is 140 Å². The number of nitrogens with zero attached hydrogens (tertiary/aromatic N) is 1. The van der Waals surface area contributed by atoms with Crippen LogP contribution in [0, 0.1) is 23.7 Å². The molecule has 6 N–H and O–H groups in total. The van der Waals surface area contributed by atoms with Gasteiger partial charge in [-0.05, 0) is 77.7 Å². The number of carbonyl (C=O) groups excluding carboxylic acids is 3. The van der Waals surface area contributed by atoms with Crippen molar-refractivity contribution in [2.24, 2.45) is 23.7 Å². The topological polar surface area (TPSA) is 233 Å². The van der Waals surface area contributed by atoms with Crippen LogP contribution in [0.5, 0.6) is 0 Å². The summed E-state index contributed by atoms with van der Waals surface area (Å²) in [5, 5.41) is 63.1. The van der Waals surface area contributed by atoms with E-state index in [2.05, 4.69) is 10.3 Å². The molecule has 8 unspecified atom stereocenters. The van der Waals surface area contributed by atoms with E-state index in [9.17, 15) is 39.9 Å². The van der Waals surface area contributed by atoms with Crippen LogP contribution in [0.25, 0.3) is 10.8 Å². The van der Waals surface area contributed by atoms with Gasteiger partial charge in [-0.15, -0.1) is 0 Å². The van der Waals surface area contributed by atoms with Crippen molar-refractivity contribution >= 4 is 28.4 Å². The number of carbonyl (C=O) groups is 3. The largest absolute Gasteiger partial charge is 0.459 e. The number of hydrogen-bond donors (Lipinski definition) is 6. The molecule has 16 heteroatoms. The molecule has 3 aliphatic rings. The first-order valence-electron chi connectivity index (χ1n) is 22.5. The Morgan fingerprint density at radius 2 is 1.60 bits per heavy atom. The number of pyridine rings is 1. The molecule has 4 heterocycles. The highest BCUT2D eigenvalue weighted by molar-refractivity contribution is 5.85. The molecule has 1 aromatic heterocycles. The van der Waals surface area contributed by atoms with E-state index < -0.39 is 102 Å². The summed E-state index contributed by atoms with van der Waals surface area (Å²) in [5.74, 6) is -5.06. The maximum Gasteiger partial charge on any atom is 0.311 e. The lowest BCUT2D eigenvalue weighted by atomic mass is 9.76. The second-order valence-electron chi connectivity index (χ2n) is 19.2. The lowest BCUT2D eigenvalue weighted by Crippen LogP contribution is -2.59. The predicted octanol–water partition coefficient (Wildman–Crippen LogP) is 3.52. The number of cyclic esters (lactones) is 1. The third-order valence-corrected chi connectivity index (χ3v) is 13.8. The summed E-state index contributed by atoms with van der Waals surface area (Å²) in [6.07, 6.45) is -6.68. The molecule has 5 rings (SSSR count). The fourth-order valence-electron chi connectivity index (χ4n) is 9.48. The third kappa shape index (κ3) is 12.0. The summed E-state index contributed by atoms with van der Waals surface area (Å²) in [7, 11) is 1.47. The molecule has 354 valence electrons. The van der Waals surface area contributed by atoms with Crippen molar-refractivity contribution < 1.29 is 68.3 Å². The summed E-state index contributed by atoms with van der Waals surface area (Å²) in [5.41, 5.74) is -4.19. The van der Waals surface area contributed by atoms with Crippen LogP contribution in [0.4, 0.5) is 0 Å². The number of Topliss-reactive ketones (excluding diaryl/α,β-unsaturated/α-hetero) is 1. The molecular formula is C47H72N2O14. The zero-order valence-electron chi connectivity index (χ0n) is 38.6. The van der Waals surface area contributed by atoms with E-state index >= 15 is 0 Å². The second kappa shape index (κ2) is 21.0. The first kappa shape index (κ1) is 50.8. The van der Waals surface area contributed by atoms with Crippen molar-refractivity contribution in [3.8, 4) is 0 Å². The predicted molar refractivity (Wildman–Crippen MR) is 231 cm³/mol. The third-order valence-electron chi connectivity index (χ3n) is 13.8. The monoisotopic (exact) mass is 888 g/mol. The van der Waals surface area contributed by atoms with Crippen molar-refractivity contribution in [1.82, 2.24) is 10.3 Å². The number of aryl methyl sites for hydroxylation is 1. The van der Waals surface area contributed by atoms with Gasteiger partial charge in [0.25, 0.3) is 0 Å². The van der Waals surface area contributed by atoms with Gasteiger partial charge in [0, 0.05) is 69.0 Å². The van der Waals surface area contributed by atoms with Crippen molar-refractivity contribution in [2.45, 2.75) is 185 Å². The van der Waals surface area contributed by atoms with E-state index in [-0.39, 0.29) is 56.6 Å². The van der Waals surface area contributed by atoms with Gasteiger partial charge in [-0.1, -0.05) is 45.0 Å². The first-order valence-corrected chi connectivity index (χ1v) is 22.5. The number of aliphatic hydroxyl groups excluding tert-OH is 3. The quantitative estimate of drug-likeness (QED) is 0.177. The number of benzene rings is 1. The number of nitrogens with one attached hydrogen (secondary N) is 1. The van der Waals surface area contributed by atoms with Crippen LogP contribution in [0.1, 0.15) is 106 Å². The summed E-state index contributed by atoms with van der Waals surface area (Å²) in [6.45, 7) is 14.5. The van der Waals surface area contributed by atoms with E-state index in [1.807, 2.05) is 38.1 Å². The fourth-order valence-corrected chi connectivity index (χ4v) is 9.48. The van der Waals surface area contributed by atoms with Gasteiger partial charge in [-0.2, -0.15) is 0 Å². The fraction of sp³-hybridized carbons (Fsp3) is 0.745. The summed E-state index contributed by atoms with van der Waals surface area (Å²) >= 11 is 0. The average Bonchev–Trinajstić information content (AvgIpc) is 3.23. The van der Waals surface area contributed by atoms with Gasteiger partial charge in [-0.3, -0.25) is 19.4 Å². The molecule has 0 aliphatic carbocycles. The number of esters is 1. The highest BCUT2D eigenvalue weighted by atomic mass is 16.7. The lowest BCUT2D eigenvalue weighted by molar-refractivity contribution is -0.307. The van der Waals surface area contributed by atoms with Gasteiger partial charge in [0.2, 0.25) is 5.91 Å². The molecule has 0 bridgehead atoms. The van der Waals surface area contributed by atoms with Gasteiger partial charge in [0.1, 0.15) is 29.7 Å². The van der Waals surface area contributed by atoms with E-state index in [1.165, 1.54) is 27.9 Å². The number of fused-ring (bicyclic) bond motifs is 1. The number of ether oxygens (including phenoxy) is 6. The smallest absolute Gasteiger partial charge is 0.311 e. The van der Waals surface area contributed by atoms with Crippen LogP contribution in [0.3, 0.4) is 0 Å². The molecule has 3 fully saturated rings. The molecular weight excluding hydrogens is 817 g/mol. The number of hydrogen-bond acceptors (Lipinski definition) is 15. The number of aliphatic hydroxyl groups is 5. The van der Waals surface area contributed by atoms with Gasteiger partial charge >= 0.3 is 5.97 Å². The summed E-state index contributed by atoms with van der Waals surface area (Å²) in [4.78, 5) is 46.0.